The summed E-state index contributed by atoms with van der Waals surface area (Å²) in [7, 11) is 0. The van der Waals surface area contributed by atoms with Gasteiger partial charge in [0.1, 0.15) is 17.4 Å². The van der Waals surface area contributed by atoms with Crippen molar-refractivity contribution in [2.24, 2.45) is 5.92 Å². The molecule has 0 aromatic heterocycles. The summed E-state index contributed by atoms with van der Waals surface area (Å²) in [5.74, 6) is 0.874. The van der Waals surface area contributed by atoms with Crippen molar-refractivity contribution in [3.8, 4) is 11.8 Å². The van der Waals surface area contributed by atoms with E-state index in [-0.39, 0.29) is 5.91 Å². The largest absolute Gasteiger partial charge is 0.492 e. The molecule has 24 heavy (non-hydrogen) atoms. The summed E-state index contributed by atoms with van der Waals surface area (Å²) in [5.41, 5.74) is 0.243. The number of hydrogen-bond donors (Lipinski definition) is 1. The Bertz CT molecular complexity index is 620. The minimum absolute atomic E-state index is 0.121. The molecular weight excluding hydrogens is 304 g/mol. The quantitative estimate of drug-likeness (QED) is 0.859. The van der Waals surface area contributed by atoms with E-state index in [1.165, 1.54) is 0 Å². The molecule has 5 heteroatoms. The Morgan fingerprint density at radius 2 is 2.21 bits per heavy atom. The van der Waals surface area contributed by atoms with E-state index in [9.17, 15) is 10.1 Å². The zero-order valence-corrected chi connectivity index (χ0v) is 14.7. The number of anilines is 1. The fourth-order valence-corrected chi connectivity index (χ4v) is 3.40. The van der Waals surface area contributed by atoms with Crippen molar-refractivity contribution in [3.63, 3.8) is 0 Å². The second kappa shape index (κ2) is 8.16. The van der Waals surface area contributed by atoms with Gasteiger partial charge in [-0.15, -0.1) is 0 Å². The van der Waals surface area contributed by atoms with Gasteiger partial charge in [-0.05, 0) is 57.2 Å². The number of ether oxygens (including phenoxy) is 2. The predicted octanol–water partition coefficient (Wildman–Crippen LogP) is 3.88. The van der Waals surface area contributed by atoms with Gasteiger partial charge in [-0.1, -0.05) is 13.3 Å². The molecule has 1 N–H and O–H groups in total. The summed E-state index contributed by atoms with van der Waals surface area (Å²) in [6, 6.07) is 7.23. The molecule has 0 spiro atoms. The fourth-order valence-electron chi connectivity index (χ4n) is 3.40. The highest BCUT2D eigenvalue weighted by Crippen LogP contribution is 2.36. The van der Waals surface area contributed by atoms with E-state index in [0.717, 1.165) is 25.7 Å². The number of nitrogens with zero attached hydrogens (tertiary/aromatic N) is 1. The molecule has 0 saturated heterocycles. The maximum atomic E-state index is 12.9. The first kappa shape index (κ1) is 18.3. The predicted molar refractivity (Wildman–Crippen MR) is 92.9 cm³/mol. The third-order valence-corrected chi connectivity index (χ3v) is 4.45. The van der Waals surface area contributed by atoms with Gasteiger partial charge in [-0.2, -0.15) is 5.26 Å². The fraction of sp³-hybridized carbons (Fsp3) is 0.579. The maximum absolute atomic E-state index is 12.9. The van der Waals surface area contributed by atoms with E-state index in [0.29, 0.717) is 36.1 Å². The van der Waals surface area contributed by atoms with Crippen LogP contribution in [0, 0.1) is 17.2 Å². The van der Waals surface area contributed by atoms with Gasteiger partial charge in [-0.3, -0.25) is 4.79 Å². The molecule has 1 fully saturated rings. The van der Waals surface area contributed by atoms with Crippen molar-refractivity contribution in [1.82, 2.24) is 0 Å². The van der Waals surface area contributed by atoms with Crippen LogP contribution in [0.2, 0.25) is 0 Å². The van der Waals surface area contributed by atoms with Crippen molar-refractivity contribution in [2.45, 2.75) is 52.1 Å². The first-order valence-electron chi connectivity index (χ1n) is 8.67. The van der Waals surface area contributed by atoms with Crippen molar-refractivity contribution in [2.75, 3.05) is 18.5 Å². The van der Waals surface area contributed by atoms with Crippen LogP contribution in [0.5, 0.6) is 5.75 Å². The molecular formula is C19H26N2O3. The van der Waals surface area contributed by atoms with Crippen LogP contribution in [0.15, 0.2) is 18.2 Å². The minimum atomic E-state index is -0.766. The zero-order valence-electron chi connectivity index (χ0n) is 14.7. The van der Waals surface area contributed by atoms with Crippen LogP contribution in [-0.2, 0) is 9.53 Å². The van der Waals surface area contributed by atoms with Gasteiger partial charge >= 0.3 is 0 Å². The SMILES string of the molecule is CCOc1ccc(NC(=O)[C@]2(OCC)CCC[C@@H](C)C2)cc1C#N. The van der Waals surface area contributed by atoms with E-state index in [2.05, 4.69) is 18.3 Å². The summed E-state index contributed by atoms with van der Waals surface area (Å²) in [4.78, 5) is 12.9. The first-order chi connectivity index (χ1) is 11.5. The lowest BCUT2D eigenvalue weighted by Gasteiger charge is -2.38. The van der Waals surface area contributed by atoms with Gasteiger partial charge in [0, 0.05) is 12.3 Å². The number of carbonyl (C=O) groups excluding carboxylic acids is 1. The molecule has 1 amide bonds. The van der Waals surface area contributed by atoms with E-state index >= 15 is 0 Å². The van der Waals surface area contributed by atoms with Crippen molar-refractivity contribution < 1.29 is 14.3 Å². The third kappa shape index (κ3) is 4.07. The van der Waals surface area contributed by atoms with Gasteiger partial charge in [0.05, 0.1) is 12.2 Å². The Morgan fingerprint density at radius 1 is 1.42 bits per heavy atom. The average molecular weight is 330 g/mol. The molecule has 2 rings (SSSR count). The topological polar surface area (TPSA) is 71.3 Å². The van der Waals surface area contributed by atoms with Gasteiger partial charge in [0.2, 0.25) is 0 Å². The van der Waals surface area contributed by atoms with Crippen molar-refractivity contribution >= 4 is 11.6 Å². The molecule has 1 aromatic rings. The summed E-state index contributed by atoms with van der Waals surface area (Å²) in [6.45, 7) is 6.94. The number of amides is 1. The highest BCUT2D eigenvalue weighted by atomic mass is 16.5. The summed E-state index contributed by atoms with van der Waals surface area (Å²) in [6.07, 6.45) is 3.58. The van der Waals surface area contributed by atoms with Crippen molar-refractivity contribution in [3.05, 3.63) is 23.8 Å². The van der Waals surface area contributed by atoms with Crippen LogP contribution in [0.3, 0.4) is 0 Å². The summed E-state index contributed by atoms with van der Waals surface area (Å²) in [5, 5.41) is 12.2. The van der Waals surface area contributed by atoms with E-state index in [1.54, 1.807) is 18.2 Å². The number of benzene rings is 1. The number of hydrogen-bond acceptors (Lipinski definition) is 4. The Labute approximate surface area is 144 Å². The molecule has 0 heterocycles. The molecule has 0 aliphatic heterocycles. The number of nitriles is 1. The molecule has 0 unspecified atom stereocenters. The molecule has 0 bridgehead atoms. The maximum Gasteiger partial charge on any atom is 0.256 e. The Balaban J connectivity index is 2.19. The van der Waals surface area contributed by atoms with Crippen LogP contribution in [0.4, 0.5) is 5.69 Å². The number of nitrogens with one attached hydrogen (secondary N) is 1. The molecule has 1 aromatic carbocycles. The molecule has 1 aliphatic carbocycles. The van der Waals surface area contributed by atoms with Gasteiger partial charge < -0.3 is 14.8 Å². The summed E-state index contributed by atoms with van der Waals surface area (Å²) >= 11 is 0. The third-order valence-electron chi connectivity index (χ3n) is 4.45. The zero-order chi connectivity index (χ0) is 17.6. The summed E-state index contributed by atoms with van der Waals surface area (Å²) < 4.78 is 11.3. The first-order valence-corrected chi connectivity index (χ1v) is 8.67. The van der Waals surface area contributed by atoms with E-state index in [1.807, 2.05) is 13.8 Å². The highest BCUT2D eigenvalue weighted by molar-refractivity contribution is 5.97. The second-order valence-corrected chi connectivity index (χ2v) is 6.34. The Hall–Kier alpha value is -2.06. The van der Waals surface area contributed by atoms with Crippen LogP contribution < -0.4 is 10.1 Å². The molecule has 2 atom stereocenters. The van der Waals surface area contributed by atoms with Crippen LogP contribution >= 0.6 is 0 Å². The van der Waals surface area contributed by atoms with Crippen LogP contribution in [-0.4, -0.2) is 24.7 Å². The number of carbonyl (C=O) groups is 1. The van der Waals surface area contributed by atoms with E-state index in [4.69, 9.17) is 9.47 Å². The van der Waals surface area contributed by atoms with Gasteiger partial charge in [-0.25, -0.2) is 0 Å². The lowest BCUT2D eigenvalue weighted by Crippen LogP contribution is -2.48. The Morgan fingerprint density at radius 3 is 2.83 bits per heavy atom. The van der Waals surface area contributed by atoms with Gasteiger partial charge in [0.15, 0.2) is 0 Å². The monoisotopic (exact) mass is 330 g/mol. The molecule has 1 aliphatic rings. The smallest absolute Gasteiger partial charge is 0.256 e. The average Bonchev–Trinajstić information content (AvgIpc) is 2.56. The van der Waals surface area contributed by atoms with E-state index < -0.39 is 5.60 Å². The molecule has 0 radical (unpaired) electrons. The highest BCUT2D eigenvalue weighted by Gasteiger charge is 2.42. The van der Waals surface area contributed by atoms with Crippen LogP contribution in [0.25, 0.3) is 0 Å². The molecule has 1 saturated carbocycles. The molecule has 130 valence electrons. The molecule has 5 nitrogen and oxygen atoms in total. The number of rotatable bonds is 6. The second-order valence-electron chi connectivity index (χ2n) is 6.34. The lowest BCUT2D eigenvalue weighted by molar-refractivity contribution is -0.147. The van der Waals surface area contributed by atoms with Crippen LogP contribution in [0.1, 0.15) is 52.0 Å². The lowest BCUT2D eigenvalue weighted by atomic mass is 9.78. The van der Waals surface area contributed by atoms with Crippen molar-refractivity contribution in [1.29, 1.82) is 5.26 Å². The Kier molecular flexibility index (Phi) is 6.22. The minimum Gasteiger partial charge on any atom is -0.492 e. The van der Waals surface area contributed by atoms with Gasteiger partial charge in [0.25, 0.3) is 5.91 Å². The standard InChI is InChI=1S/C19H26N2O3/c1-4-23-17-9-8-16(11-15(17)13-20)21-18(22)19(24-5-2)10-6-7-14(3)12-19/h8-9,11,14H,4-7,10,12H2,1-3H3,(H,21,22)/t14-,19+/m1/s1. The normalized spacial score (nSPS) is 23.3.